The molecule has 1 N–H and O–H groups in total. The minimum atomic E-state index is -4.37. The van der Waals surface area contributed by atoms with E-state index in [0.29, 0.717) is 12.8 Å². The second-order valence-electron chi connectivity index (χ2n) is 6.87. The van der Waals surface area contributed by atoms with Crippen LogP contribution in [-0.2, 0) is 12.6 Å². The molecule has 3 rings (SSSR count). The fourth-order valence-corrected chi connectivity index (χ4v) is 4.20. The lowest BCUT2D eigenvalue weighted by Crippen LogP contribution is -2.57. The third kappa shape index (κ3) is 3.01. The van der Waals surface area contributed by atoms with Crippen LogP contribution in [0.25, 0.3) is 0 Å². The van der Waals surface area contributed by atoms with Gasteiger partial charge in [-0.15, -0.1) is 0 Å². The van der Waals surface area contributed by atoms with Crippen LogP contribution in [0.2, 0.25) is 0 Å². The molecule has 22 heavy (non-hydrogen) atoms. The molecule has 1 aromatic carbocycles. The molecule has 1 aromatic rings. The van der Waals surface area contributed by atoms with Crippen LogP contribution in [0, 0.1) is 0 Å². The van der Waals surface area contributed by atoms with Gasteiger partial charge in [-0.25, -0.2) is 0 Å². The van der Waals surface area contributed by atoms with Crippen molar-refractivity contribution < 1.29 is 18.3 Å². The van der Waals surface area contributed by atoms with Gasteiger partial charge in [-0.2, -0.15) is 13.2 Å². The number of halogens is 3. The van der Waals surface area contributed by atoms with E-state index in [0.717, 1.165) is 25.3 Å². The predicted octanol–water partition coefficient (Wildman–Crippen LogP) is 3.63. The molecule has 2 unspecified atom stereocenters. The molecule has 122 valence electrons. The minimum Gasteiger partial charge on any atom is -0.389 e. The van der Waals surface area contributed by atoms with Gasteiger partial charge in [0.25, 0.3) is 0 Å². The standard InChI is InChI=1S/C17H22F3NO/c1-21-13-6-4-7-14(21)11-16(22,10-13)9-12-5-2-3-8-15(12)17(18,19)20/h2-3,5,8,13-14,22H,4,6-7,9-11H2,1H3. The maximum atomic E-state index is 13.1. The van der Waals surface area contributed by atoms with Gasteiger partial charge in [-0.3, -0.25) is 0 Å². The molecule has 0 amide bonds. The van der Waals surface area contributed by atoms with Crippen molar-refractivity contribution in [1.29, 1.82) is 0 Å². The van der Waals surface area contributed by atoms with E-state index >= 15 is 0 Å². The molecule has 2 saturated heterocycles. The molecule has 2 aliphatic heterocycles. The Labute approximate surface area is 128 Å². The average Bonchev–Trinajstić information content (AvgIpc) is 2.40. The zero-order chi connectivity index (χ0) is 16.0. The van der Waals surface area contributed by atoms with Gasteiger partial charge in [0.05, 0.1) is 11.2 Å². The zero-order valence-electron chi connectivity index (χ0n) is 12.7. The van der Waals surface area contributed by atoms with Crippen LogP contribution >= 0.6 is 0 Å². The summed E-state index contributed by atoms with van der Waals surface area (Å²) in [5, 5.41) is 10.9. The molecule has 2 nitrogen and oxygen atoms in total. The number of hydrogen-bond donors (Lipinski definition) is 1. The molecule has 2 atom stereocenters. The largest absolute Gasteiger partial charge is 0.416 e. The summed E-state index contributed by atoms with van der Waals surface area (Å²) in [6.45, 7) is 0. The summed E-state index contributed by atoms with van der Waals surface area (Å²) in [5.74, 6) is 0. The Morgan fingerprint density at radius 3 is 2.36 bits per heavy atom. The summed E-state index contributed by atoms with van der Waals surface area (Å²) in [5.41, 5.74) is -1.43. The molecule has 2 heterocycles. The van der Waals surface area contributed by atoms with E-state index in [2.05, 4.69) is 11.9 Å². The summed E-state index contributed by atoms with van der Waals surface area (Å²) in [7, 11) is 2.07. The molecule has 2 bridgehead atoms. The highest BCUT2D eigenvalue weighted by atomic mass is 19.4. The molecule has 0 spiro atoms. The van der Waals surface area contributed by atoms with Crippen molar-refractivity contribution in [3.05, 3.63) is 35.4 Å². The van der Waals surface area contributed by atoms with Gasteiger partial charge < -0.3 is 10.0 Å². The topological polar surface area (TPSA) is 23.5 Å². The first-order valence-corrected chi connectivity index (χ1v) is 7.88. The maximum Gasteiger partial charge on any atom is 0.416 e. The molecule has 2 aliphatic rings. The van der Waals surface area contributed by atoms with E-state index in [4.69, 9.17) is 0 Å². The summed E-state index contributed by atoms with van der Waals surface area (Å²) in [6.07, 6.45) is 0.0392. The molecule has 0 saturated carbocycles. The van der Waals surface area contributed by atoms with Gasteiger partial charge in [-0.05, 0) is 44.4 Å². The molecule has 0 aliphatic carbocycles. The normalized spacial score (nSPS) is 33.0. The van der Waals surface area contributed by atoms with E-state index in [-0.39, 0.29) is 24.1 Å². The number of nitrogens with zero attached hydrogens (tertiary/aromatic N) is 1. The number of piperidine rings is 2. The molecule has 5 heteroatoms. The number of aliphatic hydroxyl groups is 1. The Kier molecular flexibility index (Phi) is 3.98. The Morgan fingerprint density at radius 1 is 1.18 bits per heavy atom. The van der Waals surface area contributed by atoms with Crippen LogP contribution in [-0.4, -0.2) is 34.7 Å². The Morgan fingerprint density at radius 2 is 1.77 bits per heavy atom. The summed E-state index contributed by atoms with van der Waals surface area (Å²) >= 11 is 0. The van der Waals surface area contributed by atoms with Gasteiger partial charge in [0, 0.05) is 18.5 Å². The monoisotopic (exact) mass is 313 g/mol. The first-order valence-electron chi connectivity index (χ1n) is 7.88. The van der Waals surface area contributed by atoms with Crippen LogP contribution in [0.3, 0.4) is 0 Å². The Balaban J connectivity index is 1.84. The van der Waals surface area contributed by atoms with Crippen molar-refractivity contribution in [2.75, 3.05) is 7.05 Å². The number of rotatable bonds is 2. The van der Waals surface area contributed by atoms with E-state index in [1.165, 1.54) is 12.1 Å². The van der Waals surface area contributed by atoms with E-state index < -0.39 is 17.3 Å². The van der Waals surface area contributed by atoms with Gasteiger partial charge in [0.2, 0.25) is 0 Å². The van der Waals surface area contributed by atoms with Crippen LogP contribution in [0.4, 0.5) is 13.2 Å². The average molecular weight is 313 g/mol. The predicted molar refractivity (Wildman–Crippen MR) is 78.5 cm³/mol. The van der Waals surface area contributed by atoms with Crippen molar-refractivity contribution in [2.45, 2.75) is 62.4 Å². The number of benzene rings is 1. The van der Waals surface area contributed by atoms with Crippen molar-refractivity contribution >= 4 is 0 Å². The van der Waals surface area contributed by atoms with Gasteiger partial charge in [0.1, 0.15) is 0 Å². The third-order valence-corrected chi connectivity index (χ3v) is 5.30. The maximum absolute atomic E-state index is 13.1. The quantitative estimate of drug-likeness (QED) is 0.901. The number of alkyl halides is 3. The van der Waals surface area contributed by atoms with E-state index in [1.54, 1.807) is 6.07 Å². The van der Waals surface area contributed by atoms with Crippen LogP contribution in [0.1, 0.15) is 43.2 Å². The van der Waals surface area contributed by atoms with Gasteiger partial charge in [0.15, 0.2) is 0 Å². The van der Waals surface area contributed by atoms with Crippen LogP contribution in [0.5, 0.6) is 0 Å². The molecular formula is C17H22F3NO. The molecular weight excluding hydrogens is 291 g/mol. The smallest absolute Gasteiger partial charge is 0.389 e. The first kappa shape index (κ1) is 15.8. The SMILES string of the molecule is CN1C2CCCC1CC(O)(Cc1ccccc1C(F)(F)F)C2. The molecule has 0 aromatic heterocycles. The second-order valence-corrected chi connectivity index (χ2v) is 6.87. The molecule has 2 fully saturated rings. The lowest BCUT2D eigenvalue weighted by Gasteiger charge is -2.50. The lowest BCUT2D eigenvalue weighted by molar-refractivity contribution is -0.139. The van der Waals surface area contributed by atoms with Crippen molar-refractivity contribution in [3.8, 4) is 0 Å². The van der Waals surface area contributed by atoms with Crippen LogP contribution < -0.4 is 0 Å². The van der Waals surface area contributed by atoms with Crippen molar-refractivity contribution in [1.82, 2.24) is 4.90 Å². The fourth-order valence-electron chi connectivity index (χ4n) is 4.20. The summed E-state index contributed by atoms with van der Waals surface area (Å²) in [6, 6.07) is 6.19. The summed E-state index contributed by atoms with van der Waals surface area (Å²) in [4.78, 5) is 2.30. The third-order valence-electron chi connectivity index (χ3n) is 5.30. The van der Waals surface area contributed by atoms with Gasteiger partial charge in [-0.1, -0.05) is 24.6 Å². The van der Waals surface area contributed by atoms with Crippen molar-refractivity contribution in [2.24, 2.45) is 0 Å². The van der Waals surface area contributed by atoms with Gasteiger partial charge >= 0.3 is 6.18 Å². The van der Waals surface area contributed by atoms with Crippen molar-refractivity contribution in [3.63, 3.8) is 0 Å². The first-order chi connectivity index (χ1) is 10.3. The highest BCUT2D eigenvalue weighted by molar-refractivity contribution is 5.31. The summed E-state index contributed by atoms with van der Waals surface area (Å²) < 4.78 is 39.4. The fraction of sp³-hybridized carbons (Fsp3) is 0.647. The Hall–Kier alpha value is -1.07. The van der Waals surface area contributed by atoms with E-state index in [9.17, 15) is 18.3 Å². The van der Waals surface area contributed by atoms with E-state index in [1.807, 2.05) is 0 Å². The Bertz CT molecular complexity index is 529. The lowest BCUT2D eigenvalue weighted by atomic mass is 9.73. The van der Waals surface area contributed by atoms with Crippen LogP contribution in [0.15, 0.2) is 24.3 Å². The zero-order valence-corrected chi connectivity index (χ0v) is 12.7. The number of fused-ring (bicyclic) bond motifs is 2. The molecule has 0 radical (unpaired) electrons. The second kappa shape index (κ2) is 5.53. The number of hydrogen-bond acceptors (Lipinski definition) is 2. The minimum absolute atomic E-state index is 0.0868. The highest BCUT2D eigenvalue weighted by Crippen LogP contribution is 2.41. The highest BCUT2D eigenvalue weighted by Gasteiger charge is 2.45.